The maximum Gasteiger partial charge on any atom is 0.229 e. The van der Waals surface area contributed by atoms with Gasteiger partial charge in [0.25, 0.3) is 0 Å². The van der Waals surface area contributed by atoms with E-state index in [4.69, 9.17) is 4.74 Å². The summed E-state index contributed by atoms with van der Waals surface area (Å²) >= 11 is 0. The molecule has 1 aromatic heterocycles. The zero-order valence-corrected chi connectivity index (χ0v) is 19.2. The first-order chi connectivity index (χ1) is 16.2. The molecule has 0 spiro atoms. The van der Waals surface area contributed by atoms with Gasteiger partial charge in [0.05, 0.1) is 17.1 Å². The largest absolute Gasteiger partial charge is 0.381 e. The molecule has 1 N–H and O–H groups in total. The molecule has 5 nitrogen and oxygen atoms in total. The van der Waals surface area contributed by atoms with E-state index in [0.29, 0.717) is 37.1 Å². The van der Waals surface area contributed by atoms with Gasteiger partial charge >= 0.3 is 0 Å². The van der Waals surface area contributed by atoms with Crippen LogP contribution in [0, 0.1) is 11.3 Å². The number of piperidine rings is 1. The number of fused-ring (bicyclic) bond motifs is 3. The Hall–Kier alpha value is -2.66. The van der Waals surface area contributed by atoms with Crippen LogP contribution in [0.25, 0.3) is 10.9 Å². The highest BCUT2D eigenvalue weighted by Crippen LogP contribution is 2.45. The maximum atomic E-state index is 14.2. The second-order valence-electron chi connectivity index (χ2n) is 10.5. The molecular weight excluding hydrogens is 410 g/mol. The van der Waals surface area contributed by atoms with Crippen LogP contribution in [0.15, 0.2) is 54.7 Å². The molecule has 5 heteroatoms. The van der Waals surface area contributed by atoms with Gasteiger partial charge in [0.1, 0.15) is 0 Å². The summed E-state index contributed by atoms with van der Waals surface area (Å²) in [7, 11) is 0. The van der Waals surface area contributed by atoms with Gasteiger partial charge in [0, 0.05) is 30.7 Å². The molecule has 6 rings (SSSR count). The number of aromatic amines is 1. The average molecular weight is 444 g/mol. The molecular formula is C28H33N3O2. The second kappa shape index (κ2) is 8.60. The highest BCUT2D eigenvalue weighted by molar-refractivity contribution is 5.84. The lowest BCUT2D eigenvalue weighted by molar-refractivity contribution is -0.153. The van der Waals surface area contributed by atoms with Gasteiger partial charge in [0.2, 0.25) is 5.91 Å². The number of hydrogen-bond acceptors (Lipinski definition) is 3. The van der Waals surface area contributed by atoms with Crippen LogP contribution in [0.3, 0.4) is 0 Å². The summed E-state index contributed by atoms with van der Waals surface area (Å²) in [5, 5.41) is 8.38. The lowest BCUT2D eigenvalue weighted by atomic mass is 9.73. The van der Waals surface area contributed by atoms with E-state index in [9.17, 15) is 4.79 Å². The van der Waals surface area contributed by atoms with Gasteiger partial charge in [-0.3, -0.25) is 9.89 Å². The smallest absolute Gasteiger partial charge is 0.229 e. The summed E-state index contributed by atoms with van der Waals surface area (Å²) in [6.45, 7) is 1.39. The second-order valence-corrected chi connectivity index (χ2v) is 10.5. The van der Waals surface area contributed by atoms with Crippen molar-refractivity contribution in [2.45, 2.75) is 63.5 Å². The van der Waals surface area contributed by atoms with Crippen molar-refractivity contribution < 1.29 is 9.53 Å². The van der Waals surface area contributed by atoms with Crippen LogP contribution in [0.4, 0.5) is 0 Å². The molecule has 2 bridgehead atoms. The van der Waals surface area contributed by atoms with E-state index in [2.05, 4.69) is 63.6 Å². The molecule has 33 heavy (non-hydrogen) atoms. The minimum Gasteiger partial charge on any atom is -0.381 e. The van der Waals surface area contributed by atoms with E-state index < -0.39 is 0 Å². The van der Waals surface area contributed by atoms with Gasteiger partial charge in [-0.05, 0) is 80.5 Å². The summed E-state index contributed by atoms with van der Waals surface area (Å²) in [5.41, 5.74) is 3.45. The van der Waals surface area contributed by atoms with Crippen LogP contribution < -0.4 is 0 Å². The highest BCUT2D eigenvalue weighted by Gasteiger charge is 2.50. The molecule has 0 unspecified atom stereocenters. The Kier molecular flexibility index (Phi) is 5.45. The fraction of sp³-hybridized carbons (Fsp3) is 0.500. The third-order valence-corrected chi connectivity index (χ3v) is 8.38. The molecule has 4 heterocycles. The van der Waals surface area contributed by atoms with E-state index in [0.717, 1.165) is 56.9 Å². The zero-order valence-electron chi connectivity index (χ0n) is 19.2. The summed E-state index contributed by atoms with van der Waals surface area (Å²) in [6.07, 6.45) is 10.1. The fourth-order valence-electron chi connectivity index (χ4n) is 6.73. The Bertz CT molecular complexity index is 1100. The first-order valence-corrected chi connectivity index (χ1v) is 12.6. The Morgan fingerprint density at radius 3 is 2.55 bits per heavy atom. The molecule has 3 aromatic rings. The molecule has 2 aromatic carbocycles. The van der Waals surface area contributed by atoms with Crippen LogP contribution in [0.2, 0.25) is 0 Å². The van der Waals surface area contributed by atoms with Crippen molar-refractivity contribution in [2.24, 2.45) is 11.3 Å². The van der Waals surface area contributed by atoms with E-state index in [-0.39, 0.29) is 5.41 Å². The number of benzene rings is 2. The standard InChI is InChI=1S/C28H33N3O2/c32-27(28(10-12-33-13-11-28)18-20-4-2-1-3-5-20)31-24-7-8-25(31)17-22(16-24)14-21-6-9-26-23(15-21)19-29-30-26/h1-6,9,15,19,22,24-25H,7-8,10-14,16-18H2,(H,29,30)/t24-,25-/m0/s1. The molecule has 0 aliphatic carbocycles. The third-order valence-electron chi connectivity index (χ3n) is 8.38. The number of hydrogen-bond donors (Lipinski definition) is 1. The van der Waals surface area contributed by atoms with E-state index in [1.165, 1.54) is 16.5 Å². The first-order valence-electron chi connectivity index (χ1n) is 12.6. The van der Waals surface area contributed by atoms with Gasteiger partial charge in [-0.1, -0.05) is 36.4 Å². The van der Waals surface area contributed by atoms with E-state index in [1.807, 2.05) is 6.20 Å². The van der Waals surface area contributed by atoms with E-state index >= 15 is 0 Å². The summed E-state index contributed by atoms with van der Waals surface area (Å²) in [6, 6.07) is 18.0. The van der Waals surface area contributed by atoms with Crippen molar-refractivity contribution in [3.05, 3.63) is 65.9 Å². The van der Waals surface area contributed by atoms with Crippen molar-refractivity contribution in [3.63, 3.8) is 0 Å². The predicted molar refractivity (Wildman–Crippen MR) is 129 cm³/mol. The summed E-state index contributed by atoms with van der Waals surface area (Å²) in [4.78, 5) is 16.5. The van der Waals surface area contributed by atoms with Gasteiger partial charge in [0.15, 0.2) is 0 Å². The van der Waals surface area contributed by atoms with Crippen LogP contribution in [0.5, 0.6) is 0 Å². The van der Waals surface area contributed by atoms with Crippen LogP contribution in [-0.2, 0) is 22.4 Å². The van der Waals surface area contributed by atoms with Gasteiger partial charge in [-0.2, -0.15) is 5.10 Å². The van der Waals surface area contributed by atoms with Gasteiger partial charge < -0.3 is 9.64 Å². The molecule has 0 saturated carbocycles. The third kappa shape index (κ3) is 3.97. The Balaban J connectivity index is 1.19. The zero-order chi connectivity index (χ0) is 22.3. The fourth-order valence-corrected chi connectivity index (χ4v) is 6.73. The van der Waals surface area contributed by atoms with Gasteiger partial charge in [-0.25, -0.2) is 0 Å². The van der Waals surface area contributed by atoms with Crippen LogP contribution in [0.1, 0.15) is 49.7 Å². The molecule has 0 radical (unpaired) electrons. The minimum absolute atomic E-state index is 0.306. The molecule has 172 valence electrons. The quantitative estimate of drug-likeness (QED) is 0.609. The average Bonchev–Trinajstić information content (AvgIpc) is 3.41. The number of amides is 1. The van der Waals surface area contributed by atoms with E-state index in [1.54, 1.807) is 0 Å². The highest BCUT2D eigenvalue weighted by atomic mass is 16.5. The summed E-state index contributed by atoms with van der Waals surface area (Å²) in [5.74, 6) is 1.05. The number of aromatic nitrogens is 2. The maximum absolute atomic E-state index is 14.2. The lowest BCUT2D eigenvalue weighted by Gasteiger charge is -2.46. The molecule has 3 fully saturated rings. The first kappa shape index (κ1) is 20.9. The number of rotatable bonds is 5. The normalized spacial score (nSPS) is 26.5. The lowest BCUT2D eigenvalue weighted by Crippen LogP contribution is -2.55. The molecule has 2 atom stereocenters. The van der Waals surface area contributed by atoms with Crippen molar-refractivity contribution in [2.75, 3.05) is 13.2 Å². The Morgan fingerprint density at radius 1 is 1.03 bits per heavy atom. The van der Waals surface area contributed by atoms with Crippen molar-refractivity contribution in [3.8, 4) is 0 Å². The molecule has 3 aliphatic rings. The predicted octanol–water partition coefficient (Wildman–Crippen LogP) is 4.91. The number of ether oxygens (including phenoxy) is 1. The summed E-state index contributed by atoms with van der Waals surface area (Å²) < 4.78 is 5.70. The Morgan fingerprint density at radius 2 is 1.79 bits per heavy atom. The number of carbonyl (C=O) groups is 1. The van der Waals surface area contributed by atoms with Crippen LogP contribution in [-0.4, -0.2) is 46.3 Å². The number of nitrogens with one attached hydrogen (secondary N) is 1. The van der Waals surface area contributed by atoms with Crippen molar-refractivity contribution in [1.82, 2.24) is 15.1 Å². The SMILES string of the molecule is O=C(N1[C@H]2CC[C@H]1CC(Cc1ccc3[nH]ncc3c1)C2)C1(Cc2ccccc2)CCOCC1. The number of carbonyl (C=O) groups excluding carboxylic acids is 1. The minimum atomic E-state index is -0.306. The van der Waals surface area contributed by atoms with Gasteiger partial charge in [-0.15, -0.1) is 0 Å². The van der Waals surface area contributed by atoms with Crippen LogP contribution >= 0.6 is 0 Å². The molecule has 1 amide bonds. The molecule has 3 aliphatic heterocycles. The number of H-pyrrole nitrogens is 1. The monoisotopic (exact) mass is 443 g/mol. The number of nitrogens with zero attached hydrogens (tertiary/aromatic N) is 2. The topological polar surface area (TPSA) is 58.2 Å². The Labute approximate surface area is 195 Å². The van der Waals surface area contributed by atoms with Crippen molar-refractivity contribution >= 4 is 16.8 Å². The van der Waals surface area contributed by atoms with Crippen molar-refractivity contribution in [1.29, 1.82) is 0 Å². The molecule has 3 saturated heterocycles.